The second-order valence-electron chi connectivity index (χ2n) is 18.0. The summed E-state index contributed by atoms with van der Waals surface area (Å²) >= 11 is 0. The third kappa shape index (κ3) is 5.63. The van der Waals surface area contributed by atoms with Gasteiger partial charge in [0.2, 0.25) is 0 Å². The van der Waals surface area contributed by atoms with Crippen molar-refractivity contribution in [3.63, 3.8) is 0 Å². The maximum atomic E-state index is 5.32. The van der Waals surface area contributed by atoms with E-state index in [0.29, 0.717) is 5.82 Å². The zero-order chi connectivity index (χ0) is 44.1. The van der Waals surface area contributed by atoms with Crippen LogP contribution in [0.25, 0.3) is 111 Å². The summed E-state index contributed by atoms with van der Waals surface area (Å²) in [4.78, 5) is 10.6. The average Bonchev–Trinajstić information content (AvgIpc) is 3.87. The van der Waals surface area contributed by atoms with Crippen molar-refractivity contribution in [1.29, 1.82) is 0 Å². The molecule has 0 aliphatic heterocycles. The van der Waals surface area contributed by atoms with Crippen LogP contribution in [0.15, 0.2) is 243 Å². The first-order valence-corrected chi connectivity index (χ1v) is 23.1. The quantitative estimate of drug-likeness (QED) is 0.127. The number of nitrogens with zero attached hydrogens (tertiary/aromatic N) is 2. The summed E-state index contributed by atoms with van der Waals surface area (Å²) in [6.07, 6.45) is 0. The molecule has 0 bridgehead atoms. The number of rotatable bonds is 5. The van der Waals surface area contributed by atoms with E-state index >= 15 is 0 Å². The van der Waals surface area contributed by atoms with Crippen LogP contribution in [0.4, 0.5) is 0 Å². The fourth-order valence-electron chi connectivity index (χ4n) is 11.5. The smallest absolute Gasteiger partial charge is 0.160 e. The van der Waals surface area contributed by atoms with Crippen LogP contribution in [-0.4, -0.2) is 9.97 Å². The standard InChI is InChI=1S/C65H40N2/c1-2-15-46(16-3-1)64-66-61(40-62(67-64)48-35-36-54-53-22-10-13-25-59(53)65(60(54)39-48)57-23-11-8-20-51(57)52-21-9-12-24-58(52)65)44-30-26-41(27-31-44)42-28-32-45(33-29-42)63-50-19-7-5-17-47(50)38-56-49-18-6-4-14-43(49)34-37-55(56)63/h1-40H. The Bertz CT molecular complexity index is 3900. The second kappa shape index (κ2) is 14.7. The molecule has 0 saturated carbocycles. The Balaban J connectivity index is 0.863. The molecule has 1 aromatic heterocycles. The van der Waals surface area contributed by atoms with E-state index in [0.717, 1.165) is 33.6 Å². The zero-order valence-corrected chi connectivity index (χ0v) is 36.5. The third-order valence-corrected chi connectivity index (χ3v) is 14.5. The molecule has 11 aromatic carbocycles. The molecule has 14 rings (SSSR count). The van der Waals surface area contributed by atoms with Crippen LogP contribution in [0.3, 0.4) is 0 Å². The summed E-state index contributed by atoms with van der Waals surface area (Å²) in [7, 11) is 0. The maximum absolute atomic E-state index is 5.32. The highest BCUT2D eigenvalue weighted by atomic mass is 14.9. The van der Waals surface area contributed by atoms with Gasteiger partial charge in [-0.05, 0) is 117 Å². The van der Waals surface area contributed by atoms with Crippen molar-refractivity contribution in [1.82, 2.24) is 9.97 Å². The molecule has 0 N–H and O–H groups in total. The molecule has 1 heterocycles. The van der Waals surface area contributed by atoms with Gasteiger partial charge in [0.15, 0.2) is 5.82 Å². The lowest BCUT2D eigenvalue weighted by molar-refractivity contribution is 0.794. The summed E-state index contributed by atoms with van der Waals surface area (Å²) in [5.74, 6) is 0.705. The molecule has 0 atom stereocenters. The number of fused-ring (bicyclic) bond motifs is 14. The van der Waals surface area contributed by atoms with E-state index in [1.165, 1.54) is 93.5 Å². The van der Waals surface area contributed by atoms with E-state index < -0.39 is 5.41 Å². The van der Waals surface area contributed by atoms with Crippen molar-refractivity contribution in [2.75, 3.05) is 0 Å². The lowest BCUT2D eigenvalue weighted by atomic mass is 9.70. The predicted octanol–water partition coefficient (Wildman–Crippen LogP) is 16.6. The fraction of sp³-hybridized carbons (Fsp3) is 0.0154. The highest BCUT2D eigenvalue weighted by Crippen LogP contribution is 2.63. The molecule has 1 spiro atoms. The monoisotopic (exact) mass is 848 g/mol. The Labute approximate surface area is 389 Å². The molecule has 2 aliphatic carbocycles. The van der Waals surface area contributed by atoms with Crippen molar-refractivity contribution >= 4 is 32.3 Å². The Hall–Kier alpha value is -8.72. The molecular weight excluding hydrogens is 809 g/mol. The van der Waals surface area contributed by atoms with Gasteiger partial charge in [-0.25, -0.2) is 9.97 Å². The second-order valence-corrected chi connectivity index (χ2v) is 18.0. The van der Waals surface area contributed by atoms with Crippen LogP contribution in [0.5, 0.6) is 0 Å². The van der Waals surface area contributed by atoms with Gasteiger partial charge in [0.05, 0.1) is 16.8 Å². The molecule has 0 saturated heterocycles. The van der Waals surface area contributed by atoms with Crippen LogP contribution >= 0.6 is 0 Å². The van der Waals surface area contributed by atoms with E-state index in [1.807, 2.05) is 6.07 Å². The van der Waals surface area contributed by atoms with E-state index in [2.05, 4.69) is 237 Å². The lowest BCUT2D eigenvalue weighted by Gasteiger charge is -2.30. The minimum atomic E-state index is -0.432. The highest BCUT2D eigenvalue weighted by Gasteiger charge is 2.51. The van der Waals surface area contributed by atoms with Crippen molar-refractivity contribution in [3.05, 3.63) is 265 Å². The van der Waals surface area contributed by atoms with E-state index in [1.54, 1.807) is 0 Å². The predicted molar refractivity (Wildman–Crippen MR) is 278 cm³/mol. The molecule has 0 fully saturated rings. The van der Waals surface area contributed by atoms with Crippen LogP contribution in [-0.2, 0) is 5.41 Å². The Morgan fingerprint density at radius 3 is 1.40 bits per heavy atom. The Morgan fingerprint density at radius 1 is 0.254 bits per heavy atom. The minimum absolute atomic E-state index is 0.432. The van der Waals surface area contributed by atoms with Crippen molar-refractivity contribution in [2.45, 2.75) is 5.41 Å². The van der Waals surface area contributed by atoms with Crippen molar-refractivity contribution in [3.8, 4) is 78.4 Å². The minimum Gasteiger partial charge on any atom is -0.228 e. The number of benzene rings is 11. The van der Waals surface area contributed by atoms with Crippen molar-refractivity contribution in [2.24, 2.45) is 0 Å². The molecule has 12 aromatic rings. The van der Waals surface area contributed by atoms with E-state index in [9.17, 15) is 0 Å². The molecule has 2 heteroatoms. The Morgan fingerprint density at radius 2 is 0.746 bits per heavy atom. The summed E-state index contributed by atoms with van der Waals surface area (Å²) in [5, 5.41) is 7.61. The van der Waals surface area contributed by atoms with Gasteiger partial charge in [-0.3, -0.25) is 0 Å². The first-order chi connectivity index (χ1) is 33.2. The molecular formula is C65H40N2. The molecule has 0 amide bonds. The molecule has 310 valence electrons. The summed E-state index contributed by atoms with van der Waals surface area (Å²) < 4.78 is 0. The van der Waals surface area contributed by atoms with Gasteiger partial charge in [0.1, 0.15) is 0 Å². The largest absolute Gasteiger partial charge is 0.228 e. The number of aromatic nitrogens is 2. The van der Waals surface area contributed by atoms with Gasteiger partial charge in [0, 0.05) is 16.7 Å². The normalized spacial score (nSPS) is 12.9. The van der Waals surface area contributed by atoms with E-state index in [4.69, 9.17) is 9.97 Å². The van der Waals surface area contributed by atoms with Crippen LogP contribution in [0.1, 0.15) is 22.3 Å². The van der Waals surface area contributed by atoms with Crippen molar-refractivity contribution < 1.29 is 0 Å². The molecule has 2 nitrogen and oxygen atoms in total. The van der Waals surface area contributed by atoms with Gasteiger partial charge in [-0.15, -0.1) is 0 Å². The van der Waals surface area contributed by atoms with Gasteiger partial charge < -0.3 is 0 Å². The first-order valence-electron chi connectivity index (χ1n) is 23.1. The summed E-state index contributed by atoms with van der Waals surface area (Å²) in [6, 6.07) is 88.7. The summed E-state index contributed by atoms with van der Waals surface area (Å²) in [5.41, 5.74) is 19.7. The van der Waals surface area contributed by atoms with Gasteiger partial charge in [-0.2, -0.15) is 0 Å². The Kier molecular flexibility index (Phi) is 8.23. The molecule has 67 heavy (non-hydrogen) atoms. The average molecular weight is 849 g/mol. The van der Waals surface area contributed by atoms with Gasteiger partial charge in [0.25, 0.3) is 0 Å². The maximum Gasteiger partial charge on any atom is 0.160 e. The van der Waals surface area contributed by atoms with Gasteiger partial charge in [-0.1, -0.05) is 224 Å². The third-order valence-electron chi connectivity index (χ3n) is 14.5. The van der Waals surface area contributed by atoms with Crippen LogP contribution in [0.2, 0.25) is 0 Å². The number of hydrogen-bond donors (Lipinski definition) is 0. The molecule has 0 unspecified atom stereocenters. The summed E-state index contributed by atoms with van der Waals surface area (Å²) in [6.45, 7) is 0. The van der Waals surface area contributed by atoms with Crippen LogP contribution in [0, 0.1) is 0 Å². The van der Waals surface area contributed by atoms with Crippen LogP contribution < -0.4 is 0 Å². The van der Waals surface area contributed by atoms with E-state index in [-0.39, 0.29) is 0 Å². The van der Waals surface area contributed by atoms with Gasteiger partial charge >= 0.3 is 0 Å². The number of hydrogen-bond acceptors (Lipinski definition) is 2. The molecule has 2 aliphatic rings. The first kappa shape index (κ1) is 37.6. The molecule has 0 radical (unpaired) electrons. The SMILES string of the molecule is c1ccc(-c2nc(-c3ccc(-c4ccc(-c5c6ccccc6cc6c5ccc5ccccc56)cc4)cc3)cc(-c3ccc4c(c3)C3(c5ccccc5-c5ccccc53)c3ccccc3-4)n2)cc1. The highest BCUT2D eigenvalue weighted by molar-refractivity contribution is 6.20. The fourth-order valence-corrected chi connectivity index (χ4v) is 11.5. The topological polar surface area (TPSA) is 25.8 Å². The lowest BCUT2D eigenvalue weighted by Crippen LogP contribution is -2.25. The zero-order valence-electron chi connectivity index (χ0n) is 36.5.